The van der Waals surface area contributed by atoms with Gasteiger partial charge in [-0.2, -0.15) is 0 Å². The molecule has 2 heterocycles. The molecule has 9 nitrogen and oxygen atoms in total. The van der Waals surface area contributed by atoms with Crippen LogP contribution >= 0.6 is 11.6 Å². The van der Waals surface area contributed by atoms with Gasteiger partial charge in [0.1, 0.15) is 17.1 Å². The number of halogens is 1. The molecule has 1 aliphatic carbocycles. The minimum absolute atomic E-state index is 0.0837. The zero-order valence-corrected chi connectivity index (χ0v) is 20.3. The molecule has 0 radical (unpaired) electrons. The Morgan fingerprint density at radius 3 is 2.49 bits per heavy atom. The maximum atomic E-state index is 13.2. The average Bonchev–Trinajstić information content (AvgIpc) is 3.18. The van der Waals surface area contributed by atoms with Gasteiger partial charge in [0.2, 0.25) is 11.7 Å². The van der Waals surface area contributed by atoms with Gasteiger partial charge in [-0.25, -0.2) is 4.98 Å². The summed E-state index contributed by atoms with van der Waals surface area (Å²) in [6.45, 7) is 0. The molecule has 0 atom stereocenters. The van der Waals surface area contributed by atoms with Crippen molar-refractivity contribution in [2.75, 3.05) is 24.7 Å². The van der Waals surface area contributed by atoms with Gasteiger partial charge in [-0.1, -0.05) is 17.7 Å². The fraction of sp³-hybridized carbons (Fsp3) is 0.360. The van der Waals surface area contributed by atoms with Gasteiger partial charge in [0.15, 0.2) is 0 Å². The number of nitrogens with one attached hydrogen (secondary N) is 2. The number of fused-ring (bicyclic) bond motifs is 1. The number of carboxylic acid groups (broad SMARTS) is 1. The highest BCUT2D eigenvalue weighted by molar-refractivity contribution is 6.30. The number of pyridine rings is 1. The minimum atomic E-state index is -0.983. The Bertz CT molecular complexity index is 1250. The van der Waals surface area contributed by atoms with E-state index in [-0.39, 0.29) is 35.5 Å². The van der Waals surface area contributed by atoms with Crippen LogP contribution in [-0.4, -0.2) is 52.9 Å². The molecule has 4 rings (SSSR count). The summed E-state index contributed by atoms with van der Waals surface area (Å²) < 4.78 is 5.82. The molecule has 3 aromatic rings. The summed E-state index contributed by atoms with van der Waals surface area (Å²) >= 11 is 5.87. The highest BCUT2D eigenvalue weighted by Crippen LogP contribution is 2.34. The monoisotopic (exact) mass is 498 g/mol. The highest BCUT2D eigenvalue weighted by Gasteiger charge is 2.30. The Morgan fingerprint density at radius 1 is 1.11 bits per heavy atom. The molecule has 10 heteroatoms. The standard InChI is InChI=1S/C25H27ClN4O5/c1-30(2)17-7-4-15(5-8-17)24(33)29-22-18-11-14(12-21(31)32)3-9-19(18)35-23(22)25(34)28-20-10-6-16(26)13-27-20/h3,6,9-11,13,15,17H,4-5,7-8,12H2,1-2H3,(H,29,33)(H,31,32)(H,27,28,34). The largest absolute Gasteiger partial charge is 0.481 e. The lowest BCUT2D eigenvalue weighted by Gasteiger charge is -2.31. The molecule has 0 unspecified atom stereocenters. The van der Waals surface area contributed by atoms with Gasteiger partial charge in [-0.05, 0) is 69.6 Å². The number of hydrogen-bond acceptors (Lipinski definition) is 6. The van der Waals surface area contributed by atoms with E-state index in [0.29, 0.717) is 27.6 Å². The van der Waals surface area contributed by atoms with Crippen LogP contribution in [-0.2, 0) is 16.0 Å². The maximum absolute atomic E-state index is 13.2. The number of carboxylic acids is 1. The summed E-state index contributed by atoms with van der Waals surface area (Å²) in [5.41, 5.74) is 1.11. The van der Waals surface area contributed by atoms with Crippen molar-refractivity contribution in [2.45, 2.75) is 38.1 Å². The van der Waals surface area contributed by atoms with E-state index < -0.39 is 11.9 Å². The van der Waals surface area contributed by atoms with E-state index >= 15 is 0 Å². The summed E-state index contributed by atoms with van der Waals surface area (Å²) in [4.78, 5) is 43.8. The molecule has 184 valence electrons. The van der Waals surface area contributed by atoms with E-state index in [9.17, 15) is 19.5 Å². The predicted octanol–water partition coefficient (Wildman–Crippen LogP) is 4.42. The summed E-state index contributed by atoms with van der Waals surface area (Å²) in [6.07, 6.45) is 4.51. The van der Waals surface area contributed by atoms with Gasteiger partial charge < -0.3 is 25.1 Å². The zero-order valence-electron chi connectivity index (χ0n) is 19.5. The quantitative estimate of drug-likeness (QED) is 0.440. The normalized spacial score (nSPS) is 17.9. The maximum Gasteiger partial charge on any atom is 0.307 e. The number of rotatable bonds is 7. The molecule has 2 aromatic heterocycles. The Kier molecular flexibility index (Phi) is 7.37. The first-order chi connectivity index (χ1) is 16.7. The van der Waals surface area contributed by atoms with Gasteiger partial charge in [-0.15, -0.1) is 0 Å². The molecule has 2 amide bonds. The number of furan rings is 1. The lowest BCUT2D eigenvalue weighted by Crippen LogP contribution is -2.35. The van der Waals surface area contributed by atoms with Gasteiger partial charge in [0, 0.05) is 23.5 Å². The van der Waals surface area contributed by atoms with Crippen molar-refractivity contribution >= 4 is 51.9 Å². The third-order valence-corrected chi connectivity index (χ3v) is 6.55. The van der Waals surface area contributed by atoms with E-state index in [0.717, 1.165) is 25.7 Å². The Hall–Kier alpha value is -3.43. The SMILES string of the molecule is CN(C)C1CCC(C(=O)Nc2c(C(=O)Nc3ccc(Cl)cn3)oc3ccc(CC(=O)O)cc23)CC1. The number of hydrogen-bond donors (Lipinski definition) is 3. The van der Waals surface area contributed by atoms with Crippen LogP contribution in [0, 0.1) is 5.92 Å². The van der Waals surface area contributed by atoms with Crippen molar-refractivity contribution in [3.05, 3.63) is 52.9 Å². The second-order valence-electron chi connectivity index (χ2n) is 8.98. The molecule has 35 heavy (non-hydrogen) atoms. The molecular weight excluding hydrogens is 472 g/mol. The molecule has 1 fully saturated rings. The molecule has 0 bridgehead atoms. The summed E-state index contributed by atoms with van der Waals surface area (Å²) in [7, 11) is 4.08. The first kappa shape index (κ1) is 24.7. The Morgan fingerprint density at radius 2 is 1.86 bits per heavy atom. The van der Waals surface area contributed by atoms with Crippen LogP contribution in [0.25, 0.3) is 11.0 Å². The Labute approximate surface area is 207 Å². The molecule has 1 aromatic carbocycles. The Balaban J connectivity index is 1.64. The van der Waals surface area contributed by atoms with Crippen LogP contribution in [0.5, 0.6) is 0 Å². The van der Waals surface area contributed by atoms with Crippen LogP contribution in [0.3, 0.4) is 0 Å². The van der Waals surface area contributed by atoms with E-state index in [1.807, 2.05) is 14.1 Å². The first-order valence-electron chi connectivity index (χ1n) is 11.4. The van der Waals surface area contributed by atoms with E-state index in [2.05, 4.69) is 20.5 Å². The van der Waals surface area contributed by atoms with Gasteiger partial charge in [-0.3, -0.25) is 14.4 Å². The molecule has 1 aliphatic rings. The fourth-order valence-electron chi connectivity index (χ4n) is 4.42. The molecule has 3 N–H and O–H groups in total. The second kappa shape index (κ2) is 10.5. The molecule has 0 saturated heterocycles. The van der Waals surface area contributed by atoms with Crippen LogP contribution in [0.1, 0.15) is 41.8 Å². The fourth-order valence-corrected chi connectivity index (χ4v) is 4.53. The third kappa shape index (κ3) is 5.80. The number of carbonyl (C=O) groups is 3. The summed E-state index contributed by atoms with van der Waals surface area (Å²) in [5, 5.41) is 15.6. The smallest absolute Gasteiger partial charge is 0.307 e. The van der Waals surface area contributed by atoms with Crippen molar-refractivity contribution in [3.8, 4) is 0 Å². The molecular formula is C25H27ClN4O5. The summed E-state index contributed by atoms with van der Waals surface area (Å²) in [6, 6.07) is 8.44. The van der Waals surface area contributed by atoms with Crippen molar-refractivity contribution < 1.29 is 23.9 Å². The lowest BCUT2D eigenvalue weighted by molar-refractivity contribution is -0.136. The number of nitrogens with zero attached hydrogens (tertiary/aromatic N) is 2. The van der Waals surface area contributed by atoms with Gasteiger partial charge in [0.25, 0.3) is 5.91 Å². The number of aromatic nitrogens is 1. The van der Waals surface area contributed by atoms with Crippen LogP contribution < -0.4 is 10.6 Å². The number of aliphatic carboxylic acids is 1. The third-order valence-electron chi connectivity index (χ3n) is 6.33. The number of amides is 2. The topological polar surface area (TPSA) is 125 Å². The first-order valence-corrected chi connectivity index (χ1v) is 11.8. The molecule has 0 spiro atoms. The number of benzene rings is 1. The van der Waals surface area contributed by atoms with Crippen LogP contribution in [0.15, 0.2) is 40.9 Å². The number of carbonyl (C=O) groups excluding carboxylic acids is 2. The van der Waals surface area contributed by atoms with Crippen molar-refractivity contribution in [3.63, 3.8) is 0 Å². The van der Waals surface area contributed by atoms with E-state index in [1.165, 1.54) is 6.20 Å². The number of anilines is 2. The minimum Gasteiger partial charge on any atom is -0.481 e. The van der Waals surface area contributed by atoms with Crippen molar-refractivity contribution in [1.29, 1.82) is 0 Å². The molecule has 1 saturated carbocycles. The van der Waals surface area contributed by atoms with Crippen LogP contribution in [0.2, 0.25) is 5.02 Å². The van der Waals surface area contributed by atoms with Crippen LogP contribution in [0.4, 0.5) is 11.5 Å². The van der Waals surface area contributed by atoms with Gasteiger partial charge >= 0.3 is 5.97 Å². The molecule has 0 aliphatic heterocycles. The van der Waals surface area contributed by atoms with E-state index in [4.69, 9.17) is 16.0 Å². The lowest BCUT2D eigenvalue weighted by atomic mass is 9.85. The van der Waals surface area contributed by atoms with Crippen molar-refractivity contribution in [1.82, 2.24) is 9.88 Å². The van der Waals surface area contributed by atoms with Crippen molar-refractivity contribution in [2.24, 2.45) is 5.92 Å². The highest BCUT2D eigenvalue weighted by atomic mass is 35.5. The predicted molar refractivity (Wildman–Crippen MR) is 133 cm³/mol. The van der Waals surface area contributed by atoms with Gasteiger partial charge in [0.05, 0.1) is 11.4 Å². The average molecular weight is 499 g/mol. The zero-order chi connectivity index (χ0) is 25.1. The van der Waals surface area contributed by atoms with E-state index in [1.54, 1.807) is 30.3 Å². The second-order valence-corrected chi connectivity index (χ2v) is 9.42. The summed E-state index contributed by atoms with van der Waals surface area (Å²) in [5.74, 6) is -1.77.